The second-order valence-corrected chi connectivity index (χ2v) is 6.42. The Morgan fingerprint density at radius 3 is 2.64 bits per heavy atom. The molecule has 5 nitrogen and oxygen atoms in total. The molecule has 126 valence electrons. The SMILES string of the molecule is Cc1nn2c(nc(N[C@@H](C)c3ccccc3O)c3ccccc32)c1Cl. The van der Waals surface area contributed by atoms with E-state index in [9.17, 15) is 5.11 Å². The van der Waals surface area contributed by atoms with Crippen molar-refractivity contribution in [1.29, 1.82) is 0 Å². The summed E-state index contributed by atoms with van der Waals surface area (Å²) >= 11 is 6.38. The Balaban J connectivity index is 1.88. The molecule has 4 rings (SSSR count). The molecule has 0 saturated carbocycles. The van der Waals surface area contributed by atoms with Crippen LogP contribution in [-0.2, 0) is 0 Å². The highest BCUT2D eigenvalue weighted by atomic mass is 35.5. The number of nitrogens with one attached hydrogen (secondary N) is 1. The molecule has 1 atom stereocenters. The first kappa shape index (κ1) is 15.7. The fourth-order valence-electron chi connectivity index (χ4n) is 3.03. The van der Waals surface area contributed by atoms with Crippen LogP contribution >= 0.6 is 11.6 Å². The number of anilines is 1. The van der Waals surface area contributed by atoms with Crippen LogP contribution in [0.15, 0.2) is 48.5 Å². The number of benzene rings is 2. The van der Waals surface area contributed by atoms with E-state index < -0.39 is 0 Å². The van der Waals surface area contributed by atoms with Crippen molar-refractivity contribution in [3.8, 4) is 5.75 Å². The zero-order valence-electron chi connectivity index (χ0n) is 13.9. The summed E-state index contributed by atoms with van der Waals surface area (Å²) in [6.07, 6.45) is 0. The normalized spacial score (nSPS) is 12.6. The molecule has 25 heavy (non-hydrogen) atoms. The summed E-state index contributed by atoms with van der Waals surface area (Å²) in [4.78, 5) is 4.69. The number of phenols is 1. The van der Waals surface area contributed by atoms with Crippen molar-refractivity contribution in [2.75, 3.05) is 5.32 Å². The Kier molecular flexibility index (Phi) is 3.73. The van der Waals surface area contributed by atoms with E-state index in [1.54, 1.807) is 16.6 Å². The number of fused-ring (bicyclic) bond motifs is 3. The molecule has 2 heterocycles. The van der Waals surface area contributed by atoms with Crippen LogP contribution in [-0.4, -0.2) is 19.7 Å². The summed E-state index contributed by atoms with van der Waals surface area (Å²) in [7, 11) is 0. The summed E-state index contributed by atoms with van der Waals surface area (Å²) in [6, 6.07) is 15.1. The molecule has 0 aliphatic rings. The minimum absolute atomic E-state index is 0.123. The molecule has 2 N–H and O–H groups in total. The number of hydrogen-bond acceptors (Lipinski definition) is 4. The second-order valence-electron chi connectivity index (χ2n) is 6.04. The van der Waals surface area contributed by atoms with Crippen LogP contribution in [0.2, 0.25) is 5.02 Å². The summed E-state index contributed by atoms with van der Waals surface area (Å²) < 4.78 is 1.77. The largest absolute Gasteiger partial charge is 0.508 e. The van der Waals surface area contributed by atoms with Gasteiger partial charge in [-0.25, -0.2) is 9.50 Å². The van der Waals surface area contributed by atoms with Crippen LogP contribution in [0, 0.1) is 6.92 Å². The lowest BCUT2D eigenvalue weighted by molar-refractivity contribution is 0.465. The third-order valence-corrected chi connectivity index (χ3v) is 4.77. The maximum Gasteiger partial charge on any atom is 0.176 e. The van der Waals surface area contributed by atoms with Crippen molar-refractivity contribution in [1.82, 2.24) is 14.6 Å². The maximum atomic E-state index is 10.1. The summed E-state index contributed by atoms with van der Waals surface area (Å²) in [5.41, 5.74) is 3.09. The molecule has 4 aromatic rings. The average Bonchev–Trinajstić information content (AvgIpc) is 2.90. The lowest BCUT2D eigenvalue weighted by Gasteiger charge is -2.18. The number of aromatic hydroxyl groups is 1. The third-order valence-electron chi connectivity index (χ3n) is 4.33. The Morgan fingerprint density at radius 2 is 1.84 bits per heavy atom. The molecule has 2 aromatic carbocycles. The van der Waals surface area contributed by atoms with E-state index in [0.29, 0.717) is 16.5 Å². The van der Waals surface area contributed by atoms with Crippen LogP contribution in [0.5, 0.6) is 5.75 Å². The standard InChI is InChI=1S/C19H17ClN4O/c1-11(13-7-4-6-10-16(13)25)21-18-14-8-3-5-9-15(14)24-19(22-18)17(20)12(2)23-24/h3-11,25H,1-2H3,(H,21,22)/t11-/m0/s1. The van der Waals surface area contributed by atoms with Crippen molar-refractivity contribution in [2.45, 2.75) is 19.9 Å². The Labute approximate surface area is 149 Å². The summed E-state index contributed by atoms with van der Waals surface area (Å²) in [5.74, 6) is 0.965. The maximum absolute atomic E-state index is 10.1. The number of phenolic OH excluding ortho intramolecular Hbond substituents is 1. The molecule has 0 radical (unpaired) electrons. The Hall–Kier alpha value is -2.79. The van der Waals surface area contributed by atoms with Crippen molar-refractivity contribution < 1.29 is 5.11 Å². The predicted octanol–water partition coefficient (Wildman–Crippen LogP) is 4.72. The molecule has 0 saturated heterocycles. The van der Waals surface area contributed by atoms with Crippen LogP contribution in [0.3, 0.4) is 0 Å². The Bertz CT molecular complexity index is 1090. The first-order valence-electron chi connectivity index (χ1n) is 8.04. The van der Waals surface area contributed by atoms with E-state index in [2.05, 4.69) is 10.4 Å². The smallest absolute Gasteiger partial charge is 0.176 e. The zero-order chi connectivity index (χ0) is 17.6. The fraction of sp³-hybridized carbons (Fsp3) is 0.158. The molecule has 6 heteroatoms. The number of rotatable bonds is 3. The van der Waals surface area contributed by atoms with Gasteiger partial charge in [0.2, 0.25) is 0 Å². The van der Waals surface area contributed by atoms with E-state index in [-0.39, 0.29) is 11.8 Å². The van der Waals surface area contributed by atoms with Gasteiger partial charge in [0.25, 0.3) is 0 Å². The Morgan fingerprint density at radius 1 is 1.12 bits per heavy atom. The highest BCUT2D eigenvalue weighted by molar-refractivity contribution is 6.34. The van der Waals surface area contributed by atoms with Gasteiger partial charge in [-0.15, -0.1) is 0 Å². The lowest BCUT2D eigenvalue weighted by atomic mass is 10.1. The third kappa shape index (κ3) is 2.57. The van der Waals surface area contributed by atoms with Crippen molar-refractivity contribution in [3.05, 3.63) is 64.8 Å². The number of hydrogen-bond donors (Lipinski definition) is 2. The minimum atomic E-state index is -0.123. The van der Waals surface area contributed by atoms with E-state index in [1.165, 1.54) is 0 Å². The number of aryl methyl sites for hydroxylation is 1. The summed E-state index contributed by atoms with van der Waals surface area (Å²) in [6.45, 7) is 3.85. The van der Waals surface area contributed by atoms with Gasteiger partial charge in [-0.3, -0.25) is 0 Å². The molecule has 0 aliphatic carbocycles. The average molecular weight is 353 g/mol. The molecule has 0 spiro atoms. The van der Waals surface area contributed by atoms with Crippen LogP contribution in [0.4, 0.5) is 5.82 Å². The molecular weight excluding hydrogens is 336 g/mol. The molecule has 0 amide bonds. The van der Waals surface area contributed by atoms with Crippen LogP contribution in [0.25, 0.3) is 16.6 Å². The van der Waals surface area contributed by atoms with Gasteiger partial charge in [-0.2, -0.15) is 5.10 Å². The molecule has 0 fully saturated rings. The minimum Gasteiger partial charge on any atom is -0.508 e. The molecule has 0 aliphatic heterocycles. The van der Waals surface area contributed by atoms with Gasteiger partial charge in [0.05, 0.1) is 17.3 Å². The molecule has 0 bridgehead atoms. The van der Waals surface area contributed by atoms with Crippen molar-refractivity contribution in [2.24, 2.45) is 0 Å². The van der Waals surface area contributed by atoms with Crippen LogP contribution in [0.1, 0.15) is 24.2 Å². The quantitative estimate of drug-likeness (QED) is 0.560. The molecule has 2 aromatic heterocycles. The molecule has 0 unspecified atom stereocenters. The van der Waals surface area contributed by atoms with Gasteiger partial charge in [0.1, 0.15) is 16.6 Å². The zero-order valence-corrected chi connectivity index (χ0v) is 14.6. The first-order chi connectivity index (χ1) is 12.1. The fourth-order valence-corrected chi connectivity index (χ4v) is 3.19. The topological polar surface area (TPSA) is 62.5 Å². The van der Waals surface area contributed by atoms with E-state index >= 15 is 0 Å². The van der Waals surface area contributed by atoms with Gasteiger partial charge in [-0.05, 0) is 32.0 Å². The second kappa shape index (κ2) is 5.93. The van der Waals surface area contributed by atoms with Gasteiger partial charge < -0.3 is 10.4 Å². The first-order valence-corrected chi connectivity index (χ1v) is 8.42. The van der Waals surface area contributed by atoms with E-state index in [0.717, 1.165) is 22.2 Å². The van der Waals surface area contributed by atoms with Gasteiger partial charge in [0.15, 0.2) is 5.65 Å². The van der Waals surface area contributed by atoms with E-state index in [4.69, 9.17) is 16.6 Å². The molecular formula is C19H17ClN4O. The number of aromatic nitrogens is 3. The van der Waals surface area contributed by atoms with Crippen LogP contribution < -0.4 is 5.32 Å². The van der Waals surface area contributed by atoms with Gasteiger partial charge in [0, 0.05) is 10.9 Å². The van der Waals surface area contributed by atoms with Gasteiger partial charge >= 0.3 is 0 Å². The van der Waals surface area contributed by atoms with Crippen molar-refractivity contribution >= 4 is 34.0 Å². The lowest BCUT2D eigenvalue weighted by Crippen LogP contribution is -2.10. The highest BCUT2D eigenvalue weighted by Crippen LogP contribution is 2.31. The number of para-hydroxylation sites is 2. The van der Waals surface area contributed by atoms with E-state index in [1.807, 2.05) is 50.2 Å². The van der Waals surface area contributed by atoms with Gasteiger partial charge in [-0.1, -0.05) is 41.9 Å². The number of halogens is 1. The summed E-state index contributed by atoms with van der Waals surface area (Å²) in [5, 5.41) is 19.5. The number of nitrogens with zero attached hydrogens (tertiary/aromatic N) is 3. The van der Waals surface area contributed by atoms with Crippen molar-refractivity contribution in [3.63, 3.8) is 0 Å². The highest BCUT2D eigenvalue weighted by Gasteiger charge is 2.17. The predicted molar refractivity (Wildman–Crippen MR) is 100 cm³/mol. The monoisotopic (exact) mass is 352 g/mol.